The van der Waals surface area contributed by atoms with Crippen molar-refractivity contribution in [1.29, 1.82) is 0 Å². The number of anilines is 1. The number of piperazine rings is 1. The molecule has 0 aromatic heterocycles. The minimum absolute atomic E-state index is 0.00469. The van der Waals surface area contributed by atoms with Crippen molar-refractivity contribution in [2.24, 2.45) is 5.14 Å². The van der Waals surface area contributed by atoms with Crippen molar-refractivity contribution in [3.05, 3.63) is 60.2 Å². The van der Waals surface area contributed by atoms with E-state index < -0.39 is 21.8 Å². The molecular weight excluding hydrogens is 380 g/mol. The zero-order valence-electron chi connectivity index (χ0n) is 15.2. The van der Waals surface area contributed by atoms with Gasteiger partial charge in [0.05, 0.1) is 4.90 Å². The minimum Gasteiger partial charge on any atom is -0.368 e. The SMILES string of the molecule is NS(=O)(=O)c1ccc(CNC(=O)C(=O)N2CCN(c3ccccc3)CC2)cc1. The Morgan fingerprint density at radius 3 is 2.11 bits per heavy atom. The molecule has 2 aromatic carbocycles. The molecule has 1 fully saturated rings. The molecule has 0 spiro atoms. The molecule has 1 aliphatic heterocycles. The number of para-hydroxylation sites is 1. The maximum absolute atomic E-state index is 12.3. The summed E-state index contributed by atoms with van der Waals surface area (Å²) in [5.74, 6) is -1.24. The monoisotopic (exact) mass is 402 g/mol. The standard InChI is InChI=1S/C19H22N4O4S/c20-28(26,27)17-8-6-15(7-9-17)14-21-18(24)19(25)23-12-10-22(11-13-23)16-4-2-1-3-5-16/h1-9H,10-14H2,(H,21,24)(H2,20,26,27). The largest absolute Gasteiger partial charge is 0.368 e. The number of rotatable bonds is 4. The third-order valence-electron chi connectivity index (χ3n) is 4.59. The van der Waals surface area contributed by atoms with Crippen LogP contribution in [0.1, 0.15) is 5.56 Å². The van der Waals surface area contributed by atoms with Crippen LogP contribution in [0.15, 0.2) is 59.5 Å². The smallest absolute Gasteiger partial charge is 0.312 e. The summed E-state index contributed by atoms with van der Waals surface area (Å²) < 4.78 is 22.5. The lowest BCUT2D eigenvalue weighted by Gasteiger charge is -2.35. The second-order valence-electron chi connectivity index (χ2n) is 6.49. The van der Waals surface area contributed by atoms with Crippen LogP contribution in [0.2, 0.25) is 0 Å². The number of primary sulfonamides is 1. The van der Waals surface area contributed by atoms with Crippen molar-refractivity contribution < 1.29 is 18.0 Å². The fraction of sp³-hybridized carbons (Fsp3) is 0.263. The summed E-state index contributed by atoms with van der Waals surface area (Å²) in [5, 5.41) is 7.62. The molecule has 1 aliphatic rings. The third kappa shape index (κ3) is 4.87. The van der Waals surface area contributed by atoms with Crippen LogP contribution in [0.3, 0.4) is 0 Å². The van der Waals surface area contributed by atoms with Gasteiger partial charge in [0.15, 0.2) is 0 Å². The molecular formula is C19H22N4O4S. The fourth-order valence-corrected chi connectivity index (χ4v) is 3.52. The van der Waals surface area contributed by atoms with Gasteiger partial charge in [-0.2, -0.15) is 0 Å². The molecule has 0 unspecified atom stereocenters. The van der Waals surface area contributed by atoms with Crippen LogP contribution in [0.4, 0.5) is 5.69 Å². The number of amides is 2. The van der Waals surface area contributed by atoms with Gasteiger partial charge in [0.25, 0.3) is 0 Å². The van der Waals surface area contributed by atoms with Gasteiger partial charge in [-0.25, -0.2) is 13.6 Å². The molecule has 9 heteroatoms. The summed E-state index contributed by atoms with van der Waals surface area (Å²) >= 11 is 0. The van der Waals surface area contributed by atoms with Crippen LogP contribution in [0.5, 0.6) is 0 Å². The maximum atomic E-state index is 12.3. The molecule has 2 amide bonds. The molecule has 3 N–H and O–H groups in total. The third-order valence-corrected chi connectivity index (χ3v) is 5.52. The van der Waals surface area contributed by atoms with E-state index >= 15 is 0 Å². The summed E-state index contributed by atoms with van der Waals surface area (Å²) in [6.07, 6.45) is 0. The zero-order chi connectivity index (χ0) is 20.1. The van der Waals surface area contributed by atoms with Crippen LogP contribution in [-0.2, 0) is 26.2 Å². The number of nitrogens with zero attached hydrogens (tertiary/aromatic N) is 2. The number of sulfonamides is 1. The number of carbonyl (C=O) groups excluding carboxylic acids is 2. The van der Waals surface area contributed by atoms with Gasteiger partial charge < -0.3 is 15.1 Å². The highest BCUT2D eigenvalue weighted by molar-refractivity contribution is 7.89. The highest BCUT2D eigenvalue weighted by atomic mass is 32.2. The first-order chi connectivity index (χ1) is 13.3. The lowest BCUT2D eigenvalue weighted by Crippen LogP contribution is -2.52. The van der Waals surface area contributed by atoms with Crippen molar-refractivity contribution in [1.82, 2.24) is 10.2 Å². The Hall–Kier alpha value is -2.91. The Morgan fingerprint density at radius 2 is 1.54 bits per heavy atom. The first kappa shape index (κ1) is 19.8. The number of hydrogen-bond donors (Lipinski definition) is 2. The summed E-state index contributed by atoms with van der Waals surface area (Å²) in [6, 6.07) is 15.7. The van der Waals surface area contributed by atoms with Gasteiger partial charge in [-0.05, 0) is 29.8 Å². The van der Waals surface area contributed by atoms with E-state index in [1.165, 1.54) is 12.1 Å². The Morgan fingerprint density at radius 1 is 0.929 bits per heavy atom. The van der Waals surface area contributed by atoms with Crippen molar-refractivity contribution >= 4 is 27.5 Å². The van der Waals surface area contributed by atoms with E-state index in [9.17, 15) is 18.0 Å². The maximum Gasteiger partial charge on any atom is 0.312 e. The summed E-state index contributed by atoms with van der Waals surface area (Å²) in [7, 11) is -3.76. The van der Waals surface area contributed by atoms with Gasteiger partial charge in [-0.3, -0.25) is 9.59 Å². The number of benzene rings is 2. The van der Waals surface area contributed by atoms with E-state index in [4.69, 9.17) is 5.14 Å². The molecule has 0 radical (unpaired) electrons. The van der Waals surface area contributed by atoms with Crippen molar-refractivity contribution in [3.8, 4) is 0 Å². The predicted octanol–water partition coefficient (Wildman–Crippen LogP) is 0.299. The number of nitrogens with one attached hydrogen (secondary N) is 1. The number of nitrogens with two attached hydrogens (primary N) is 1. The van der Waals surface area contributed by atoms with E-state index in [1.807, 2.05) is 30.3 Å². The Labute approximate surface area is 164 Å². The Balaban J connectivity index is 1.49. The summed E-state index contributed by atoms with van der Waals surface area (Å²) in [5.41, 5.74) is 1.77. The lowest BCUT2D eigenvalue weighted by atomic mass is 10.2. The van der Waals surface area contributed by atoms with Crippen LogP contribution in [0, 0.1) is 0 Å². The van der Waals surface area contributed by atoms with Crippen LogP contribution < -0.4 is 15.4 Å². The van der Waals surface area contributed by atoms with Gasteiger partial charge in [0.2, 0.25) is 10.0 Å². The second-order valence-corrected chi connectivity index (χ2v) is 8.05. The molecule has 3 rings (SSSR count). The van der Waals surface area contributed by atoms with Crippen LogP contribution in [0.25, 0.3) is 0 Å². The molecule has 8 nitrogen and oxygen atoms in total. The van der Waals surface area contributed by atoms with Gasteiger partial charge >= 0.3 is 11.8 Å². The fourth-order valence-electron chi connectivity index (χ4n) is 3.01. The zero-order valence-corrected chi connectivity index (χ0v) is 16.1. The van der Waals surface area contributed by atoms with Gasteiger partial charge in [-0.15, -0.1) is 0 Å². The summed E-state index contributed by atoms with van der Waals surface area (Å²) in [4.78, 5) is 28.2. The predicted molar refractivity (Wildman–Crippen MR) is 105 cm³/mol. The highest BCUT2D eigenvalue weighted by Gasteiger charge is 2.25. The van der Waals surface area contributed by atoms with Gasteiger partial charge in [0.1, 0.15) is 0 Å². The highest BCUT2D eigenvalue weighted by Crippen LogP contribution is 2.15. The lowest BCUT2D eigenvalue weighted by molar-refractivity contribution is -0.146. The molecule has 28 heavy (non-hydrogen) atoms. The molecule has 1 saturated heterocycles. The summed E-state index contributed by atoms with van der Waals surface area (Å²) in [6.45, 7) is 2.41. The normalized spacial score (nSPS) is 14.6. The van der Waals surface area contributed by atoms with E-state index in [1.54, 1.807) is 17.0 Å². The molecule has 0 aliphatic carbocycles. The molecule has 1 heterocycles. The number of carbonyl (C=O) groups is 2. The Kier molecular flexibility index (Phi) is 5.96. The molecule has 148 valence electrons. The van der Waals surface area contributed by atoms with Crippen molar-refractivity contribution in [2.75, 3.05) is 31.1 Å². The van der Waals surface area contributed by atoms with E-state index in [-0.39, 0.29) is 11.4 Å². The molecule has 0 atom stereocenters. The van der Waals surface area contributed by atoms with Crippen LogP contribution in [-0.4, -0.2) is 51.3 Å². The van der Waals surface area contributed by atoms with Crippen molar-refractivity contribution in [2.45, 2.75) is 11.4 Å². The molecule has 0 bridgehead atoms. The van der Waals surface area contributed by atoms with E-state index in [0.29, 0.717) is 31.7 Å². The van der Waals surface area contributed by atoms with Gasteiger partial charge in [-0.1, -0.05) is 30.3 Å². The average molecular weight is 402 g/mol. The molecule has 2 aromatic rings. The van der Waals surface area contributed by atoms with E-state index in [0.717, 1.165) is 5.69 Å². The average Bonchev–Trinajstić information content (AvgIpc) is 2.72. The van der Waals surface area contributed by atoms with Crippen molar-refractivity contribution in [3.63, 3.8) is 0 Å². The Bertz CT molecular complexity index is 938. The first-order valence-electron chi connectivity index (χ1n) is 8.83. The molecule has 0 saturated carbocycles. The quantitative estimate of drug-likeness (QED) is 0.714. The minimum atomic E-state index is -3.76. The topological polar surface area (TPSA) is 113 Å². The van der Waals surface area contributed by atoms with Gasteiger partial charge in [0, 0.05) is 38.4 Å². The van der Waals surface area contributed by atoms with E-state index in [2.05, 4.69) is 10.2 Å². The first-order valence-corrected chi connectivity index (χ1v) is 10.4. The van der Waals surface area contributed by atoms with Crippen LogP contribution >= 0.6 is 0 Å². The second kappa shape index (κ2) is 8.41. The number of hydrogen-bond acceptors (Lipinski definition) is 5.